The van der Waals surface area contributed by atoms with Gasteiger partial charge < -0.3 is 15.0 Å². The molecule has 230 valence electrons. The number of aryl methyl sites for hydroxylation is 1. The number of halogens is 2. The minimum Gasteiger partial charge on any atom is -0.497 e. The Balaban J connectivity index is 1.75. The number of nitrogens with zero attached hydrogens (tertiary/aromatic N) is 2. The molecule has 1 saturated carbocycles. The molecule has 1 aliphatic rings. The van der Waals surface area contributed by atoms with Crippen LogP contribution < -0.4 is 14.4 Å². The van der Waals surface area contributed by atoms with Gasteiger partial charge >= 0.3 is 0 Å². The van der Waals surface area contributed by atoms with Crippen LogP contribution in [0.5, 0.6) is 5.75 Å². The van der Waals surface area contributed by atoms with Crippen LogP contribution in [0.1, 0.15) is 50.2 Å². The topological polar surface area (TPSA) is 96.0 Å². The molecule has 0 radical (unpaired) electrons. The van der Waals surface area contributed by atoms with Crippen LogP contribution in [0.2, 0.25) is 10.0 Å². The molecular formula is C32H37Cl2N3O5S. The minimum absolute atomic E-state index is 0.00682. The Morgan fingerprint density at radius 3 is 2.26 bits per heavy atom. The Bertz CT molecular complexity index is 1520. The summed E-state index contributed by atoms with van der Waals surface area (Å²) in [5, 5.41) is 3.55. The highest BCUT2D eigenvalue weighted by Crippen LogP contribution is 2.30. The van der Waals surface area contributed by atoms with Gasteiger partial charge in [-0.15, -0.1) is 0 Å². The van der Waals surface area contributed by atoms with Gasteiger partial charge in [-0.05, 0) is 74.2 Å². The van der Waals surface area contributed by atoms with Crippen molar-refractivity contribution in [1.82, 2.24) is 10.2 Å². The van der Waals surface area contributed by atoms with Crippen molar-refractivity contribution < 1.29 is 22.7 Å². The zero-order chi connectivity index (χ0) is 31.1. The lowest BCUT2D eigenvalue weighted by atomic mass is 10.1. The third-order valence-corrected chi connectivity index (χ3v) is 9.82. The smallest absolute Gasteiger partial charge is 0.264 e. The molecule has 3 aromatic rings. The lowest BCUT2D eigenvalue weighted by Gasteiger charge is -2.34. The molecule has 1 aliphatic carbocycles. The normalized spacial score (nSPS) is 14.3. The average Bonchev–Trinajstić information content (AvgIpc) is 3.48. The van der Waals surface area contributed by atoms with Gasteiger partial charge in [0.1, 0.15) is 18.3 Å². The number of hydrogen-bond donors (Lipinski definition) is 1. The number of ether oxygens (including phenoxy) is 1. The first-order valence-corrected chi connectivity index (χ1v) is 16.5. The van der Waals surface area contributed by atoms with Crippen molar-refractivity contribution in [2.45, 2.75) is 69.5 Å². The van der Waals surface area contributed by atoms with E-state index in [4.69, 9.17) is 27.9 Å². The minimum atomic E-state index is -4.24. The predicted octanol–water partition coefficient (Wildman–Crippen LogP) is 6.37. The van der Waals surface area contributed by atoms with Gasteiger partial charge in [0.2, 0.25) is 11.8 Å². The predicted molar refractivity (Wildman–Crippen MR) is 170 cm³/mol. The first-order valence-electron chi connectivity index (χ1n) is 14.3. The van der Waals surface area contributed by atoms with Crippen molar-refractivity contribution in [2.24, 2.45) is 0 Å². The maximum Gasteiger partial charge on any atom is 0.264 e. The van der Waals surface area contributed by atoms with Crippen LogP contribution in [0.4, 0.5) is 5.69 Å². The summed E-state index contributed by atoms with van der Waals surface area (Å²) in [5.41, 5.74) is 1.76. The molecule has 0 bridgehead atoms. The van der Waals surface area contributed by atoms with Crippen LogP contribution in [0, 0.1) is 6.92 Å². The van der Waals surface area contributed by atoms with E-state index in [1.54, 1.807) is 37.4 Å². The van der Waals surface area contributed by atoms with E-state index < -0.39 is 28.5 Å². The number of anilines is 1. The molecule has 1 N–H and O–H groups in total. The summed E-state index contributed by atoms with van der Waals surface area (Å²) in [6.45, 7) is 3.18. The molecule has 0 aliphatic heterocycles. The zero-order valence-corrected chi connectivity index (χ0v) is 26.9. The van der Waals surface area contributed by atoms with E-state index in [1.807, 2.05) is 19.9 Å². The van der Waals surface area contributed by atoms with E-state index in [1.165, 1.54) is 35.2 Å². The van der Waals surface area contributed by atoms with Crippen molar-refractivity contribution in [2.75, 3.05) is 18.0 Å². The first-order chi connectivity index (χ1) is 20.5. The molecule has 0 spiro atoms. The Hall–Kier alpha value is -3.27. The van der Waals surface area contributed by atoms with Crippen molar-refractivity contribution in [3.8, 4) is 5.75 Å². The maximum absolute atomic E-state index is 14.3. The molecule has 11 heteroatoms. The Kier molecular flexibility index (Phi) is 11.0. The van der Waals surface area contributed by atoms with Crippen molar-refractivity contribution >= 4 is 50.7 Å². The number of hydrogen-bond acceptors (Lipinski definition) is 5. The van der Waals surface area contributed by atoms with Gasteiger partial charge in [0.25, 0.3) is 10.0 Å². The molecule has 0 unspecified atom stereocenters. The number of nitrogens with one attached hydrogen (secondary N) is 1. The Morgan fingerprint density at radius 2 is 1.65 bits per heavy atom. The van der Waals surface area contributed by atoms with Crippen LogP contribution in [0.25, 0.3) is 0 Å². The van der Waals surface area contributed by atoms with Gasteiger partial charge in [-0.3, -0.25) is 13.9 Å². The molecule has 0 saturated heterocycles. The van der Waals surface area contributed by atoms with Gasteiger partial charge in [0, 0.05) is 22.6 Å². The highest BCUT2D eigenvalue weighted by Gasteiger charge is 2.35. The van der Waals surface area contributed by atoms with Crippen molar-refractivity contribution in [3.63, 3.8) is 0 Å². The number of rotatable bonds is 12. The fourth-order valence-corrected chi connectivity index (χ4v) is 7.22. The molecule has 43 heavy (non-hydrogen) atoms. The van der Waals surface area contributed by atoms with Crippen LogP contribution in [-0.2, 0) is 26.2 Å². The summed E-state index contributed by atoms with van der Waals surface area (Å²) in [6.07, 6.45) is 4.21. The van der Waals surface area contributed by atoms with Gasteiger partial charge in [-0.25, -0.2) is 8.42 Å². The number of benzene rings is 3. The highest BCUT2D eigenvalue weighted by atomic mass is 35.5. The molecule has 0 aromatic heterocycles. The number of methoxy groups -OCH3 is 1. The van der Waals surface area contributed by atoms with Crippen molar-refractivity contribution in [3.05, 3.63) is 87.9 Å². The summed E-state index contributed by atoms with van der Waals surface area (Å²) in [6, 6.07) is 17.2. The largest absolute Gasteiger partial charge is 0.497 e. The average molecular weight is 647 g/mol. The monoisotopic (exact) mass is 645 g/mol. The van der Waals surface area contributed by atoms with Gasteiger partial charge in [-0.2, -0.15) is 0 Å². The first kappa shape index (κ1) is 32.6. The number of carbonyl (C=O) groups excluding carboxylic acids is 2. The number of sulfonamides is 1. The van der Waals surface area contributed by atoms with Gasteiger partial charge in [-0.1, -0.05) is 72.8 Å². The molecule has 3 aromatic carbocycles. The van der Waals surface area contributed by atoms with Crippen LogP contribution in [-0.4, -0.2) is 50.9 Å². The SMILES string of the molecule is CC[C@H](C(=O)NC1CCCC1)N(Cc1cccc(OC)c1)C(=O)CN(c1cc(Cl)cc(Cl)c1)S(=O)(=O)c1ccc(C)cc1. The zero-order valence-electron chi connectivity index (χ0n) is 24.6. The fourth-order valence-electron chi connectivity index (χ4n) is 5.30. The molecule has 1 fully saturated rings. The molecule has 8 nitrogen and oxygen atoms in total. The third-order valence-electron chi connectivity index (χ3n) is 7.60. The van der Waals surface area contributed by atoms with E-state index >= 15 is 0 Å². The van der Waals surface area contributed by atoms with E-state index in [0.717, 1.165) is 41.1 Å². The molecule has 1 atom stereocenters. The summed E-state index contributed by atoms with van der Waals surface area (Å²) in [5.74, 6) is -0.210. The summed E-state index contributed by atoms with van der Waals surface area (Å²) in [4.78, 5) is 29.3. The van der Waals surface area contributed by atoms with E-state index in [2.05, 4.69) is 5.32 Å². The third kappa shape index (κ3) is 8.22. The van der Waals surface area contributed by atoms with E-state index in [-0.39, 0.29) is 39.1 Å². The molecule has 4 rings (SSSR count). The van der Waals surface area contributed by atoms with Crippen LogP contribution in [0.15, 0.2) is 71.6 Å². The standard InChI is InChI=1S/C32H37Cl2N3O5S/c1-4-30(32(39)35-26-9-5-6-10-26)36(20-23-8-7-11-28(16-23)42-3)31(38)21-37(27-18-24(33)17-25(34)19-27)43(40,41)29-14-12-22(2)13-15-29/h7-8,11-19,26,30H,4-6,9-10,20-21H2,1-3H3,(H,35,39)/t30-/m1/s1. The quantitative estimate of drug-likeness (QED) is 0.247. The molecular weight excluding hydrogens is 609 g/mol. The summed E-state index contributed by atoms with van der Waals surface area (Å²) >= 11 is 12.6. The Morgan fingerprint density at radius 1 is 1.00 bits per heavy atom. The van der Waals surface area contributed by atoms with E-state index in [0.29, 0.717) is 12.2 Å². The highest BCUT2D eigenvalue weighted by molar-refractivity contribution is 7.92. The maximum atomic E-state index is 14.3. The fraction of sp³-hybridized carbons (Fsp3) is 0.375. The van der Waals surface area contributed by atoms with Gasteiger partial charge in [0.15, 0.2) is 0 Å². The van der Waals surface area contributed by atoms with Crippen LogP contribution in [0.3, 0.4) is 0 Å². The number of amides is 2. The van der Waals surface area contributed by atoms with Gasteiger partial charge in [0.05, 0.1) is 17.7 Å². The second-order valence-electron chi connectivity index (χ2n) is 10.7. The van der Waals surface area contributed by atoms with Crippen molar-refractivity contribution in [1.29, 1.82) is 0 Å². The Labute approximate surface area is 264 Å². The lowest BCUT2D eigenvalue weighted by molar-refractivity contribution is -0.140. The van der Waals surface area contributed by atoms with Crippen LogP contribution >= 0.6 is 23.2 Å². The molecule has 0 heterocycles. The summed E-state index contributed by atoms with van der Waals surface area (Å²) < 4.78 is 34.5. The second kappa shape index (κ2) is 14.5. The lowest BCUT2D eigenvalue weighted by Crippen LogP contribution is -2.53. The second-order valence-corrected chi connectivity index (χ2v) is 13.5. The van der Waals surface area contributed by atoms with E-state index in [9.17, 15) is 18.0 Å². The molecule has 2 amide bonds. The number of carbonyl (C=O) groups is 2. The summed E-state index contributed by atoms with van der Waals surface area (Å²) in [7, 11) is -2.69.